The number of nitrogen functional groups attached to an aromatic ring is 1. The third-order valence-corrected chi connectivity index (χ3v) is 2.32. The average Bonchev–Trinajstić information content (AvgIpc) is 2.18. The van der Waals surface area contributed by atoms with Crippen LogP contribution in [-0.4, -0.2) is 6.54 Å². The van der Waals surface area contributed by atoms with Crippen molar-refractivity contribution in [1.29, 1.82) is 0 Å². The van der Waals surface area contributed by atoms with Crippen LogP contribution in [0.25, 0.3) is 5.57 Å². The van der Waals surface area contributed by atoms with Crippen LogP contribution in [0.2, 0.25) is 0 Å². The largest absolute Gasteiger partial charge is 0.398 e. The minimum Gasteiger partial charge on any atom is -0.398 e. The molecule has 0 aliphatic heterocycles. The minimum absolute atomic E-state index is 0.660. The third kappa shape index (κ3) is 2.36. The molecule has 1 rings (SSSR count). The fourth-order valence-corrected chi connectivity index (χ4v) is 1.54. The van der Waals surface area contributed by atoms with Gasteiger partial charge in [-0.1, -0.05) is 17.7 Å². The summed E-state index contributed by atoms with van der Waals surface area (Å²) >= 11 is 0. The molecular formula is C12H18N2. The van der Waals surface area contributed by atoms with Gasteiger partial charge in [0, 0.05) is 11.3 Å². The number of hydrogen-bond acceptors (Lipinski definition) is 2. The molecule has 1 aromatic carbocycles. The van der Waals surface area contributed by atoms with Gasteiger partial charge < -0.3 is 11.5 Å². The Morgan fingerprint density at radius 3 is 2.71 bits per heavy atom. The molecule has 0 radical (unpaired) electrons. The van der Waals surface area contributed by atoms with Crippen molar-refractivity contribution >= 4 is 11.3 Å². The van der Waals surface area contributed by atoms with Crippen molar-refractivity contribution < 1.29 is 0 Å². The summed E-state index contributed by atoms with van der Waals surface area (Å²) in [5.41, 5.74) is 15.9. The Bertz CT molecular complexity index is 340. The van der Waals surface area contributed by atoms with Crippen LogP contribution in [0.4, 0.5) is 5.69 Å². The summed E-state index contributed by atoms with van der Waals surface area (Å²) in [6.07, 6.45) is 2.96. The first kappa shape index (κ1) is 10.8. The molecule has 0 spiro atoms. The van der Waals surface area contributed by atoms with Crippen LogP contribution in [-0.2, 0) is 0 Å². The Morgan fingerprint density at radius 2 is 2.14 bits per heavy atom. The topological polar surface area (TPSA) is 52.0 Å². The molecule has 0 bridgehead atoms. The predicted molar refractivity (Wildman–Crippen MR) is 62.9 cm³/mol. The normalized spacial score (nSPS) is 11.8. The molecule has 0 amide bonds. The van der Waals surface area contributed by atoms with E-state index in [2.05, 4.69) is 19.1 Å². The van der Waals surface area contributed by atoms with E-state index < -0.39 is 0 Å². The first-order chi connectivity index (χ1) is 6.69. The van der Waals surface area contributed by atoms with Crippen molar-refractivity contribution in [1.82, 2.24) is 0 Å². The lowest BCUT2D eigenvalue weighted by Gasteiger charge is -2.10. The highest BCUT2D eigenvalue weighted by Crippen LogP contribution is 2.24. The fourth-order valence-electron chi connectivity index (χ4n) is 1.54. The zero-order chi connectivity index (χ0) is 10.6. The lowest BCUT2D eigenvalue weighted by molar-refractivity contribution is 1.02. The summed E-state index contributed by atoms with van der Waals surface area (Å²) in [6, 6.07) is 6.08. The Labute approximate surface area is 85.6 Å². The quantitative estimate of drug-likeness (QED) is 0.719. The smallest absolute Gasteiger partial charge is 0.0390 e. The molecule has 0 atom stereocenters. The van der Waals surface area contributed by atoms with Crippen LogP contribution >= 0.6 is 0 Å². The highest BCUT2D eigenvalue weighted by atomic mass is 14.6. The lowest BCUT2D eigenvalue weighted by Crippen LogP contribution is -2.02. The summed E-state index contributed by atoms with van der Waals surface area (Å²) < 4.78 is 0. The van der Waals surface area contributed by atoms with Gasteiger partial charge in [-0.2, -0.15) is 0 Å². The minimum atomic E-state index is 0.660. The predicted octanol–water partition coefficient (Wildman–Crippen LogP) is 2.33. The van der Waals surface area contributed by atoms with E-state index in [1.54, 1.807) is 0 Å². The standard InChI is InChI=1S/C12H18N2/c1-3-10(6-7-13)11-8-9(2)4-5-12(11)14/h3-5,8H,6-7,13-14H2,1-2H3/b10-3-. The molecule has 14 heavy (non-hydrogen) atoms. The number of nitrogens with two attached hydrogens (primary N) is 2. The van der Waals surface area contributed by atoms with E-state index in [0.29, 0.717) is 6.54 Å². The fraction of sp³-hybridized carbons (Fsp3) is 0.333. The summed E-state index contributed by atoms with van der Waals surface area (Å²) in [5.74, 6) is 0. The van der Waals surface area contributed by atoms with Gasteiger partial charge in [-0.25, -0.2) is 0 Å². The van der Waals surface area contributed by atoms with Gasteiger partial charge in [0.1, 0.15) is 0 Å². The van der Waals surface area contributed by atoms with Crippen molar-refractivity contribution in [2.75, 3.05) is 12.3 Å². The van der Waals surface area contributed by atoms with Crippen molar-refractivity contribution in [2.24, 2.45) is 5.73 Å². The molecule has 2 heteroatoms. The molecule has 0 aromatic heterocycles. The molecule has 1 aromatic rings. The molecule has 0 saturated carbocycles. The van der Waals surface area contributed by atoms with Crippen LogP contribution in [0.5, 0.6) is 0 Å². The van der Waals surface area contributed by atoms with Crippen LogP contribution in [0.3, 0.4) is 0 Å². The lowest BCUT2D eigenvalue weighted by atomic mass is 9.99. The number of aryl methyl sites for hydroxylation is 1. The van der Waals surface area contributed by atoms with Gasteiger partial charge in [-0.3, -0.25) is 0 Å². The van der Waals surface area contributed by atoms with Crippen molar-refractivity contribution in [2.45, 2.75) is 20.3 Å². The number of hydrogen-bond donors (Lipinski definition) is 2. The van der Waals surface area contributed by atoms with Gasteiger partial charge >= 0.3 is 0 Å². The maximum Gasteiger partial charge on any atom is 0.0390 e. The summed E-state index contributed by atoms with van der Waals surface area (Å²) in [4.78, 5) is 0. The highest BCUT2D eigenvalue weighted by molar-refractivity contribution is 5.75. The highest BCUT2D eigenvalue weighted by Gasteiger charge is 2.04. The van der Waals surface area contributed by atoms with Gasteiger partial charge in [0.05, 0.1) is 0 Å². The van der Waals surface area contributed by atoms with E-state index in [1.165, 1.54) is 11.1 Å². The van der Waals surface area contributed by atoms with Crippen molar-refractivity contribution in [3.8, 4) is 0 Å². The first-order valence-corrected chi connectivity index (χ1v) is 4.90. The molecule has 4 N–H and O–H groups in total. The zero-order valence-corrected chi connectivity index (χ0v) is 8.88. The van der Waals surface area contributed by atoms with Crippen LogP contribution in [0.1, 0.15) is 24.5 Å². The third-order valence-electron chi connectivity index (χ3n) is 2.32. The molecule has 2 nitrogen and oxygen atoms in total. The van der Waals surface area contributed by atoms with Crippen LogP contribution in [0, 0.1) is 6.92 Å². The molecule has 0 aliphatic rings. The molecule has 0 saturated heterocycles. The maximum absolute atomic E-state index is 5.91. The van der Waals surface area contributed by atoms with Crippen LogP contribution in [0.15, 0.2) is 24.3 Å². The zero-order valence-electron chi connectivity index (χ0n) is 8.88. The second kappa shape index (κ2) is 4.82. The monoisotopic (exact) mass is 190 g/mol. The van der Waals surface area contributed by atoms with Gasteiger partial charge in [0.25, 0.3) is 0 Å². The summed E-state index contributed by atoms with van der Waals surface area (Å²) in [5, 5.41) is 0. The number of anilines is 1. The number of rotatable bonds is 3. The van der Waals surface area contributed by atoms with Gasteiger partial charge in [-0.05, 0) is 44.5 Å². The molecule has 0 fully saturated rings. The average molecular weight is 190 g/mol. The Balaban J connectivity index is 3.09. The van der Waals surface area contributed by atoms with Gasteiger partial charge in [-0.15, -0.1) is 0 Å². The van der Waals surface area contributed by atoms with Crippen LogP contribution < -0.4 is 11.5 Å². The van der Waals surface area contributed by atoms with E-state index in [-0.39, 0.29) is 0 Å². The van der Waals surface area contributed by atoms with Gasteiger partial charge in [0.2, 0.25) is 0 Å². The van der Waals surface area contributed by atoms with E-state index in [4.69, 9.17) is 11.5 Å². The Morgan fingerprint density at radius 1 is 1.43 bits per heavy atom. The first-order valence-electron chi connectivity index (χ1n) is 4.90. The van der Waals surface area contributed by atoms with E-state index in [1.807, 2.05) is 19.1 Å². The SMILES string of the molecule is C/C=C(/CCN)c1cc(C)ccc1N. The molecular weight excluding hydrogens is 172 g/mol. The molecule has 76 valence electrons. The molecule has 0 unspecified atom stereocenters. The Hall–Kier alpha value is -1.28. The number of allylic oxidation sites excluding steroid dienone is 1. The van der Waals surface area contributed by atoms with E-state index in [0.717, 1.165) is 17.7 Å². The second-order valence-corrected chi connectivity index (χ2v) is 3.44. The number of benzene rings is 1. The van der Waals surface area contributed by atoms with E-state index in [9.17, 15) is 0 Å². The maximum atomic E-state index is 5.91. The summed E-state index contributed by atoms with van der Waals surface area (Å²) in [7, 11) is 0. The second-order valence-electron chi connectivity index (χ2n) is 3.44. The van der Waals surface area contributed by atoms with E-state index >= 15 is 0 Å². The van der Waals surface area contributed by atoms with Crippen molar-refractivity contribution in [3.05, 3.63) is 35.4 Å². The molecule has 0 heterocycles. The van der Waals surface area contributed by atoms with Crippen molar-refractivity contribution in [3.63, 3.8) is 0 Å². The Kier molecular flexibility index (Phi) is 3.72. The molecule has 0 aliphatic carbocycles. The van der Waals surface area contributed by atoms with Gasteiger partial charge in [0.15, 0.2) is 0 Å². The summed E-state index contributed by atoms with van der Waals surface area (Å²) in [6.45, 7) is 4.75.